The van der Waals surface area contributed by atoms with E-state index in [9.17, 15) is 24.3 Å². The van der Waals surface area contributed by atoms with Gasteiger partial charge < -0.3 is 49.3 Å². The van der Waals surface area contributed by atoms with E-state index in [2.05, 4.69) is 20.6 Å². The van der Waals surface area contributed by atoms with Crippen molar-refractivity contribution in [1.29, 1.82) is 0 Å². The van der Waals surface area contributed by atoms with Gasteiger partial charge in [-0.1, -0.05) is 13.8 Å². The zero-order chi connectivity index (χ0) is 28.1. The van der Waals surface area contributed by atoms with E-state index < -0.39 is 47.9 Å². The minimum absolute atomic E-state index is 0.0479. The number of hydrogen-bond acceptors (Lipinski definition) is 7. The second-order valence-electron chi connectivity index (χ2n) is 9.32. The molecule has 0 aromatic heterocycles. The molecule has 0 aromatic carbocycles. The standard InChI is InChI=1S/C22H42N10O5/c1-12(2)16(31-17(33)13(23)6-3-9-28-21(24)25)19(35)32-11-5-8-15(32)18(34)30-14(20(36)37)7-4-10-29-22(26)27/h12-16H,3-11,23H2,1-2H3,(H,30,34)(H,31,33)(H,36,37)(H4,24,25,28)(H4,26,27,29). The van der Waals surface area contributed by atoms with Crippen LogP contribution in [0.25, 0.3) is 0 Å². The van der Waals surface area contributed by atoms with Gasteiger partial charge in [-0.15, -0.1) is 0 Å². The highest BCUT2D eigenvalue weighted by Gasteiger charge is 2.39. The summed E-state index contributed by atoms with van der Waals surface area (Å²) in [5.41, 5.74) is 27.1. The first kappa shape index (κ1) is 31.4. The summed E-state index contributed by atoms with van der Waals surface area (Å²) in [5.74, 6) is -3.11. The topological polar surface area (TPSA) is 271 Å². The molecule has 1 fully saturated rings. The molecule has 15 heteroatoms. The number of rotatable bonds is 15. The molecule has 1 aliphatic heterocycles. The Bertz CT molecular complexity index is 855. The van der Waals surface area contributed by atoms with Gasteiger partial charge in [-0.05, 0) is 44.4 Å². The molecule has 4 unspecified atom stereocenters. The van der Waals surface area contributed by atoms with Crippen LogP contribution in [0.1, 0.15) is 52.4 Å². The predicted molar refractivity (Wildman–Crippen MR) is 139 cm³/mol. The summed E-state index contributed by atoms with van der Waals surface area (Å²) in [6.07, 6.45) is 2.20. The zero-order valence-corrected chi connectivity index (χ0v) is 21.6. The summed E-state index contributed by atoms with van der Waals surface area (Å²) in [5, 5.41) is 14.7. The van der Waals surface area contributed by atoms with Crippen LogP contribution >= 0.6 is 0 Å². The highest BCUT2D eigenvalue weighted by atomic mass is 16.4. The average Bonchev–Trinajstić information content (AvgIpc) is 3.30. The maximum Gasteiger partial charge on any atom is 0.326 e. The summed E-state index contributed by atoms with van der Waals surface area (Å²) in [7, 11) is 0. The number of amides is 3. The number of nitrogens with zero attached hydrogens (tertiary/aromatic N) is 3. The maximum absolute atomic E-state index is 13.4. The van der Waals surface area contributed by atoms with Crippen LogP contribution in [0.15, 0.2) is 9.98 Å². The number of guanidine groups is 2. The minimum Gasteiger partial charge on any atom is -0.480 e. The Hall–Kier alpha value is -3.62. The second-order valence-corrected chi connectivity index (χ2v) is 9.32. The fourth-order valence-electron chi connectivity index (χ4n) is 3.93. The molecule has 0 spiro atoms. The Labute approximate surface area is 216 Å². The summed E-state index contributed by atoms with van der Waals surface area (Å²) >= 11 is 0. The predicted octanol–water partition coefficient (Wildman–Crippen LogP) is -2.88. The van der Waals surface area contributed by atoms with Gasteiger partial charge >= 0.3 is 5.97 Å². The monoisotopic (exact) mass is 526 g/mol. The number of nitrogens with two attached hydrogens (primary N) is 5. The fourth-order valence-corrected chi connectivity index (χ4v) is 3.93. The Morgan fingerprint density at radius 3 is 2.05 bits per heavy atom. The molecular formula is C22H42N10O5. The molecule has 13 N–H and O–H groups in total. The van der Waals surface area contributed by atoms with Gasteiger partial charge in [0.05, 0.1) is 6.04 Å². The molecule has 210 valence electrons. The number of carboxylic acid groups (broad SMARTS) is 1. The van der Waals surface area contributed by atoms with Gasteiger partial charge in [0.2, 0.25) is 17.7 Å². The quantitative estimate of drug-likeness (QED) is 0.0613. The lowest BCUT2D eigenvalue weighted by Crippen LogP contribution is -2.58. The van der Waals surface area contributed by atoms with Crippen LogP contribution in [-0.2, 0) is 19.2 Å². The Morgan fingerprint density at radius 2 is 1.54 bits per heavy atom. The number of aliphatic imine (C=N–C) groups is 2. The first-order valence-electron chi connectivity index (χ1n) is 12.4. The van der Waals surface area contributed by atoms with E-state index in [1.165, 1.54) is 4.90 Å². The van der Waals surface area contributed by atoms with Crippen molar-refractivity contribution in [3.63, 3.8) is 0 Å². The van der Waals surface area contributed by atoms with E-state index in [4.69, 9.17) is 28.7 Å². The normalized spacial score (nSPS) is 17.4. The van der Waals surface area contributed by atoms with Crippen LogP contribution in [0.4, 0.5) is 0 Å². The van der Waals surface area contributed by atoms with Crippen LogP contribution in [-0.4, -0.2) is 89.4 Å². The molecule has 1 aliphatic rings. The van der Waals surface area contributed by atoms with E-state index in [0.29, 0.717) is 45.2 Å². The highest BCUT2D eigenvalue weighted by Crippen LogP contribution is 2.21. The van der Waals surface area contributed by atoms with Crippen LogP contribution in [0.5, 0.6) is 0 Å². The molecule has 0 aliphatic carbocycles. The number of nitrogens with one attached hydrogen (secondary N) is 2. The van der Waals surface area contributed by atoms with Crippen molar-refractivity contribution < 1.29 is 24.3 Å². The van der Waals surface area contributed by atoms with E-state index in [-0.39, 0.29) is 30.8 Å². The molecule has 37 heavy (non-hydrogen) atoms. The molecular weight excluding hydrogens is 484 g/mol. The Kier molecular flexibility index (Phi) is 13.1. The molecule has 0 radical (unpaired) electrons. The SMILES string of the molecule is CC(C)C(NC(=O)C(N)CCCN=C(N)N)C(=O)N1CCCC1C(=O)NC(CCCN=C(N)N)C(=O)O. The molecule has 3 amide bonds. The fraction of sp³-hybridized carbons (Fsp3) is 0.727. The van der Waals surface area contributed by atoms with Crippen LogP contribution in [0.3, 0.4) is 0 Å². The molecule has 4 atom stereocenters. The summed E-state index contributed by atoms with van der Waals surface area (Å²) in [6.45, 7) is 4.40. The first-order valence-corrected chi connectivity index (χ1v) is 12.4. The second kappa shape index (κ2) is 15.5. The van der Waals surface area contributed by atoms with Crippen molar-refractivity contribution in [2.75, 3.05) is 19.6 Å². The lowest BCUT2D eigenvalue weighted by atomic mass is 10.0. The third kappa shape index (κ3) is 10.9. The lowest BCUT2D eigenvalue weighted by Gasteiger charge is -2.31. The van der Waals surface area contributed by atoms with Crippen LogP contribution in [0.2, 0.25) is 0 Å². The van der Waals surface area contributed by atoms with Gasteiger partial charge in [0.25, 0.3) is 0 Å². The third-order valence-corrected chi connectivity index (χ3v) is 5.93. The summed E-state index contributed by atoms with van der Waals surface area (Å²) in [4.78, 5) is 59.7. The lowest BCUT2D eigenvalue weighted by molar-refractivity contribution is -0.145. The van der Waals surface area contributed by atoms with Crippen molar-refractivity contribution in [3.05, 3.63) is 0 Å². The van der Waals surface area contributed by atoms with Gasteiger partial charge in [0.1, 0.15) is 18.1 Å². The Morgan fingerprint density at radius 1 is 0.973 bits per heavy atom. The van der Waals surface area contributed by atoms with Crippen LogP contribution in [0, 0.1) is 5.92 Å². The van der Waals surface area contributed by atoms with Crippen molar-refractivity contribution in [1.82, 2.24) is 15.5 Å². The van der Waals surface area contributed by atoms with Gasteiger partial charge in [-0.25, -0.2) is 4.79 Å². The van der Waals surface area contributed by atoms with E-state index in [1.807, 2.05) is 0 Å². The van der Waals surface area contributed by atoms with Crippen molar-refractivity contribution >= 4 is 35.6 Å². The molecule has 1 heterocycles. The van der Waals surface area contributed by atoms with E-state index in [1.54, 1.807) is 13.8 Å². The first-order chi connectivity index (χ1) is 17.3. The third-order valence-electron chi connectivity index (χ3n) is 5.93. The largest absolute Gasteiger partial charge is 0.480 e. The zero-order valence-electron chi connectivity index (χ0n) is 21.6. The Balaban J connectivity index is 2.80. The molecule has 0 aromatic rings. The molecule has 15 nitrogen and oxygen atoms in total. The maximum atomic E-state index is 13.4. The van der Waals surface area contributed by atoms with Crippen molar-refractivity contribution in [3.8, 4) is 0 Å². The number of carboxylic acids is 1. The molecule has 1 rings (SSSR count). The summed E-state index contributed by atoms with van der Waals surface area (Å²) < 4.78 is 0. The van der Waals surface area contributed by atoms with Crippen LogP contribution < -0.4 is 39.3 Å². The smallest absolute Gasteiger partial charge is 0.326 e. The van der Waals surface area contributed by atoms with Gasteiger partial charge in [-0.2, -0.15) is 0 Å². The van der Waals surface area contributed by atoms with Gasteiger partial charge in [0.15, 0.2) is 11.9 Å². The molecule has 1 saturated heterocycles. The number of likely N-dealkylation sites (tertiary alicyclic amines) is 1. The molecule has 0 saturated carbocycles. The average molecular weight is 527 g/mol. The van der Waals surface area contributed by atoms with E-state index >= 15 is 0 Å². The molecule has 0 bridgehead atoms. The number of carbonyl (C=O) groups is 4. The van der Waals surface area contributed by atoms with Crippen molar-refractivity contribution in [2.24, 2.45) is 44.6 Å². The minimum atomic E-state index is -1.20. The number of aliphatic carboxylic acids is 1. The number of hydrogen-bond donors (Lipinski definition) is 8. The summed E-state index contributed by atoms with van der Waals surface area (Å²) in [6, 6.07) is -3.77. The van der Waals surface area contributed by atoms with Gasteiger partial charge in [0, 0.05) is 19.6 Å². The van der Waals surface area contributed by atoms with E-state index in [0.717, 1.165) is 0 Å². The number of carbonyl (C=O) groups excluding carboxylic acids is 3. The van der Waals surface area contributed by atoms with Crippen molar-refractivity contribution in [2.45, 2.75) is 76.5 Å². The van der Waals surface area contributed by atoms with Gasteiger partial charge in [-0.3, -0.25) is 24.4 Å². The highest BCUT2D eigenvalue weighted by molar-refractivity contribution is 5.94.